The Bertz CT molecular complexity index is 225. The van der Waals surface area contributed by atoms with E-state index >= 15 is 0 Å². The standard InChI is InChI=1S/C10H16N2O/c13-7-8-6-11-9-4-2-1-3-5-10(9)12-8/h7,9-11H,1-6H2. The van der Waals surface area contributed by atoms with Crippen LogP contribution in [0.15, 0.2) is 4.99 Å². The molecule has 1 aliphatic heterocycles. The van der Waals surface area contributed by atoms with Gasteiger partial charge in [-0.25, -0.2) is 0 Å². The van der Waals surface area contributed by atoms with Crippen LogP contribution >= 0.6 is 0 Å². The molecule has 2 atom stereocenters. The van der Waals surface area contributed by atoms with Gasteiger partial charge in [0.05, 0.1) is 11.8 Å². The van der Waals surface area contributed by atoms with E-state index in [-0.39, 0.29) is 0 Å². The van der Waals surface area contributed by atoms with E-state index in [1.807, 2.05) is 0 Å². The fraction of sp³-hybridized carbons (Fsp3) is 0.800. The molecule has 0 amide bonds. The summed E-state index contributed by atoms with van der Waals surface area (Å²) >= 11 is 0. The summed E-state index contributed by atoms with van der Waals surface area (Å²) in [6.45, 7) is 0.671. The number of hydrogen-bond acceptors (Lipinski definition) is 3. The Labute approximate surface area is 78.6 Å². The van der Waals surface area contributed by atoms with Gasteiger partial charge < -0.3 is 5.32 Å². The molecule has 1 fully saturated rings. The summed E-state index contributed by atoms with van der Waals surface area (Å²) < 4.78 is 0. The summed E-state index contributed by atoms with van der Waals surface area (Å²) in [4.78, 5) is 15.0. The molecule has 0 bridgehead atoms. The third kappa shape index (κ3) is 1.97. The summed E-state index contributed by atoms with van der Waals surface area (Å²) in [7, 11) is 0. The van der Waals surface area contributed by atoms with Crippen LogP contribution in [0.3, 0.4) is 0 Å². The molecule has 1 saturated carbocycles. The molecule has 0 spiro atoms. The van der Waals surface area contributed by atoms with Crippen molar-refractivity contribution >= 4 is 12.0 Å². The molecule has 1 aliphatic carbocycles. The Morgan fingerprint density at radius 2 is 2.15 bits per heavy atom. The second kappa shape index (κ2) is 4.01. The highest BCUT2D eigenvalue weighted by Crippen LogP contribution is 2.22. The molecule has 0 aromatic carbocycles. The van der Waals surface area contributed by atoms with Crippen molar-refractivity contribution in [2.75, 3.05) is 6.54 Å². The lowest BCUT2D eigenvalue weighted by molar-refractivity contribution is -0.102. The van der Waals surface area contributed by atoms with Crippen LogP contribution in [0.4, 0.5) is 0 Å². The summed E-state index contributed by atoms with van der Waals surface area (Å²) in [5.74, 6) is 0. The van der Waals surface area contributed by atoms with Gasteiger partial charge in [0, 0.05) is 12.6 Å². The van der Waals surface area contributed by atoms with Gasteiger partial charge in [-0.3, -0.25) is 9.79 Å². The van der Waals surface area contributed by atoms with Gasteiger partial charge in [0.15, 0.2) is 6.29 Å². The highest BCUT2D eigenvalue weighted by molar-refractivity contribution is 6.29. The van der Waals surface area contributed by atoms with E-state index in [0.29, 0.717) is 24.3 Å². The minimum absolute atomic E-state index is 0.372. The lowest BCUT2D eigenvalue weighted by Crippen LogP contribution is -2.46. The zero-order chi connectivity index (χ0) is 9.10. The Kier molecular flexibility index (Phi) is 2.74. The van der Waals surface area contributed by atoms with Gasteiger partial charge >= 0.3 is 0 Å². The maximum atomic E-state index is 10.5. The van der Waals surface area contributed by atoms with Crippen LogP contribution in [0, 0.1) is 0 Å². The van der Waals surface area contributed by atoms with Crippen molar-refractivity contribution in [2.24, 2.45) is 4.99 Å². The van der Waals surface area contributed by atoms with E-state index in [2.05, 4.69) is 10.3 Å². The number of carbonyl (C=O) groups excluding carboxylic acids is 1. The van der Waals surface area contributed by atoms with Crippen LogP contribution < -0.4 is 5.32 Å². The predicted octanol–water partition coefficient (Wildman–Crippen LogP) is 0.931. The molecule has 1 heterocycles. The van der Waals surface area contributed by atoms with E-state index in [1.54, 1.807) is 0 Å². The second-order valence-corrected chi connectivity index (χ2v) is 3.93. The third-order valence-electron chi connectivity index (χ3n) is 2.99. The number of hydrogen-bond donors (Lipinski definition) is 1. The van der Waals surface area contributed by atoms with Crippen LogP contribution in [-0.2, 0) is 4.79 Å². The molecule has 13 heavy (non-hydrogen) atoms. The van der Waals surface area contributed by atoms with E-state index in [0.717, 1.165) is 12.7 Å². The van der Waals surface area contributed by atoms with Crippen molar-refractivity contribution in [1.29, 1.82) is 0 Å². The van der Waals surface area contributed by atoms with E-state index in [4.69, 9.17) is 0 Å². The van der Waals surface area contributed by atoms with Crippen molar-refractivity contribution in [3.05, 3.63) is 0 Å². The molecule has 3 nitrogen and oxygen atoms in total. The van der Waals surface area contributed by atoms with Crippen LogP contribution in [0.25, 0.3) is 0 Å². The van der Waals surface area contributed by atoms with Gasteiger partial charge in [0.2, 0.25) is 0 Å². The molecule has 0 aromatic rings. The number of carbonyl (C=O) groups is 1. The smallest absolute Gasteiger partial charge is 0.165 e. The number of nitrogens with one attached hydrogen (secondary N) is 1. The third-order valence-corrected chi connectivity index (χ3v) is 2.99. The SMILES string of the molecule is O=CC1=NC2CCCCCC2NC1. The number of nitrogens with zero attached hydrogens (tertiary/aromatic N) is 1. The summed E-state index contributed by atoms with van der Waals surface area (Å²) in [5.41, 5.74) is 0.697. The van der Waals surface area contributed by atoms with Gasteiger partial charge in [-0.15, -0.1) is 0 Å². The zero-order valence-electron chi connectivity index (χ0n) is 7.83. The first-order chi connectivity index (χ1) is 6.40. The van der Waals surface area contributed by atoms with Gasteiger partial charge in [-0.2, -0.15) is 0 Å². The molecular weight excluding hydrogens is 164 g/mol. The Morgan fingerprint density at radius 3 is 3.00 bits per heavy atom. The quantitative estimate of drug-likeness (QED) is 0.610. The van der Waals surface area contributed by atoms with Crippen molar-refractivity contribution in [3.8, 4) is 0 Å². The number of fused-ring (bicyclic) bond motifs is 1. The van der Waals surface area contributed by atoms with Crippen LogP contribution in [0.2, 0.25) is 0 Å². The molecule has 2 aliphatic rings. The Hall–Kier alpha value is -0.700. The molecule has 2 rings (SSSR count). The van der Waals surface area contributed by atoms with Gasteiger partial charge in [0.1, 0.15) is 0 Å². The van der Waals surface area contributed by atoms with Crippen molar-refractivity contribution in [1.82, 2.24) is 5.32 Å². The number of rotatable bonds is 1. The van der Waals surface area contributed by atoms with E-state index < -0.39 is 0 Å². The zero-order valence-corrected chi connectivity index (χ0v) is 7.83. The second-order valence-electron chi connectivity index (χ2n) is 3.93. The minimum atomic E-state index is 0.372. The lowest BCUT2D eigenvalue weighted by atomic mass is 10.0. The Balaban J connectivity index is 2.09. The minimum Gasteiger partial charge on any atom is -0.306 e. The first-order valence-electron chi connectivity index (χ1n) is 5.15. The molecule has 0 aromatic heterocycles. The topological polar surface area (TPSA) is 41.5 Å². The maximum Gasteiger partial charge on any atom is 0.165 e. The normalized spacial score (nSPS) is 34.3. The fourth-order valence-corrected chi connectivity index (χ4v) is 2.25. The first-order valence-corrected chi connectivity index (χ1v) is 5.15. The molecule has 72 valence electrons. The predicted molar refractivity (Wildman–Crippen MR) is 52.2 cm³/mol. The lowest BCUT2D eigenvalue weighted by Gasteiger charge is -2.27. The van der Waals surface area contributed by atoms with Crippen molar-refractivity contribution < 1.29 is 4.79 Å². The average molecular weight is 180 g/mol. The monoisotopic (exact) mass is 180 g/mol. The van der Waals surface area contributed by atoms with E-state index in [1.165, 1.54) is 25.7 Å². The fourth-order valence-electron chi connectivity index (χ4n) is 2.25. The number of aliphatic imine (C=N–C) groups is 1. The van der Waals surface area contributed by atoms with Crippen LogP contribution in [0.5, 0.6) is 0 Å². The van der Waals surface area contributed by atoms with Gasteiger partial charge in [-0.1, -0.05) is 19.3 Å². The average Bonchev–Trinajstić information content (AvgIpc) is 2.41. The number of aldehydes is 1. The molecule has 1 N–H and O–H groups in total. The van der Waals surface area contributed by atoms with E-state index in [9.17, 15) is 4.79 Å². The molecule has 0 radical (unpaired) electrons. The molecule has 3 heteroatoms. The molecule has 2 unspecified atom stereocenters. The van der Waals surface area contributed by atoms with Gasteiger partial charge in [-0.05, 0) is 12.8 Å². The highest BCUT2D eigenvalue weighted by atomic mass is 16.1. The summed E-state index contributed by atoms with van der Waals surface area (Å²) in [6, 6.07) is 0.905. The van der Waals surface area contributed by atoms with Crippen molar-refractivity contribution in [3.63, 3.8) is 0 Å². The summed E-state index contributed by atoms with van der Waals surface area (Å²) in [6.07, 6.45) is 7.14. The maximum absolute atomic E-state index is 10.5. The largest absolute Gasteiger partial charge is 0.306 e. The first kappa shape index (κ1) is 8.88. The Morgan fingerprint density at radius 1 is 1.31 bits per heavy atom. The van der Waals surface area contributed by atoms with Crippen LogP contribution in [0.1, 0.15) is 32.1 Å². The highest BCUT2D eigenvalue weighted by Gasteiger charge is 2.26. The van der Waals surface area contributed by atoms with Crippen molar-refractivity contribution in [2.45, 2.75) is 44.2 Å². The summed E-state index contributed by atoms with van der Waals surface area (Å²) in [5, 5.41) is 3.40. The molecular formula is C10H16N2O. The molecule has 0 saturated heterocycles. The van der Waals surface area contributed by atoms with Gasteiger partial charge in [0.25, 0.3) is 0 Å². The van der Waals surface area contributed by atoms with Crippen LogP contribution in [-0.4, -0.2) is 30.6 Å².